The van der Waals surface area contributed by atoms with Crippen LogP contribution < -0.4 is 10.6 Å². The van der Waals surface area contributed by atoms with Gasteiger partial charge in [0.2, 0.25) is 0 Å². The van der Waals surface area contributed by atoms with Crippen LogP contribution in [0.4, 0.5) is 5.69 Å². The maximum atomic E-state index is 5.99. The van der Waals surface area contributed by atoms with Gasteiger partial charge in [0.1, 0.15) is 0 Å². The summed E-state index contributed by atoms with van der Waals surface area (Å²) in [5, 5.41) is 0.798. The first-order valence-corrected chi connectivity index (χ1v) is 6.05. The molecule has 4 heteroatoms. The van der Waals surface area contributed by atoms with Gasteiger partial charge in [-0.2, -0.15) is 0 Å². The molecule has 16 heavy (non-hydrogen) atoms. The minimum absolute atomic E-state index is 0.154. The molecule has 88 valence electrons. The van der Waals surface area contributed by atoms with Crippen LogP contribution in [0.3, 0.4) is 0 Å². The number of rotatable bonds is 2. The average Bonchev–Trinajstić information content (AvgIpc) is 2.29. The summed E-state index contributed by atoms with van der Waals surface area (Å²) in [6.45, 7) is 6.10. The molecule has 1 fully saturated rings. The third-order valence-electron chi connectivity index (χ3n) is 3.06. The van der Waals surface area contributed by atoms with Crippen LogP contribution in [0.2, 0.25) is 5.02 Å². The van der Waals surface area contributed by atoms with Crippen molar-refractivity contribution in [1.29, 1.82) is 0 Å². The summed E-state index contributed by atoms with van der Waals surface area (Å²) in [5.74, 6) is 0. The number of piperazine rings is 1. The number of hydrogen-bond donors (Lipinski definition) is 1. The van der Waals surface area contributed by atoms with E-state index in [0.29, 0.717) is 0 Å². The van der Waals surface area contributed by atoms with Crippen molar-refractivity contribution in [3.63, 3.8) is 0 Å². The van der Waals surface area contributed by atoms with Gasteiger partial charge in [0.15, 0.2) is 0 Å². The number of nitrogens with two attached hydrogens (primary N) is 1. The number of hydrogen-bond acceptors (Lipinski definition) is 3. The number of nitrogens with zero attached hydrogens (tertiary/aromatic N) is 2. The normalized spacial score (nSPS) is 19.8. The third kappa shape index (κ3) is 2.67. The average molecular weight is 240 g/mol. The second-order valence-corrected chi connectivity index (χ2v) is 4.68. The number of benzene rings is 1. The molecule has 1 atom stereocenters. The Morgan fingerprint density at radius 3 is 2.50 bits per heavy atom. The SMILES string of the molecule is CC(N)N1CCN(c2cccc(Cl)c2)CC1. The summed E-state index contributed by atoms with van der Waals surface area (Å²) in [4.78, 5) is 4.64. The van der Waals surface area contributed by atoms with E-state index < -0.39 is 0 Å². The van der Waals surface area contributed by atoms with Gasteiger partial charge in [0.05, 0.1) is 6.17 Å². The quantitative estimate of drug-likeness (QED) is 0.854. The third-order valence-corrected chi connectivity index (χ3v) is 3.30. The summed E-state index contributed by atoms with van der Waals surface area (Å²) in [5.41, 5.74) is 7.07. The Morgan fingerprint density at radius 2 is 1.94 bits per heavy atom. The first-order valence-electron chi connectivity index (χ1n) is 5.67. The van der Waals surface area contributed by atoms with Gasteiger partial charge in [0, 0.05) is 36.9 Å². The Balaban J connectivity index is 1.99. The predicted octanol–water partition coefficient (Wildman–Crippen LogP) is 1.77. The van der Waals surface area contributed by atoms with E-state index in [9.17, 15) is 0 Å². The van der Waals surface area contributed by atoms with Crippen molar-refractivity contribution >= 4 is 17.3 Å². The highest BCUT2D eigenvalue weighted by Gasteiger charge is 2.19. The Hall–Kier alpha value is -0.770. The van der Waals surface area contributed by atoms with Gasteiger partial charge in [-0.05, 0) is 25.1 Å². The van der Waals surface area contributed by atoms with E-state index in [4.69, 9.17) is 17.3 Å². The molecule has 1 aliphatic heterocycles. The molecule has 0 amide bonds. The maximum absolute atomic E-state index is 5.99. The molecule has 3 nitrogen and oxygen atoms in total. The van der Waals surface area contributed by atoms with Crippen LogP contribution in [0.25, 0.3) is 0 Å². The lowest BCUT2D eigenvalue weighted by molar-refractivity contribution is 0.201. The van der Waals surface area contributed by atoms with Crippen LogP contribution in [0.5, 0.6) is 0 Å². The Kier molecular flexibility index (Phi) is 3.69. The van der Waals surface area contributed by atoms with Crippen LogP contribution in [0.1, 0.15) is 6.92 Å². The number of halogens is 1. The van der Waals surface area contributed by atoms with Crippen molar-refractivity contribution in [3.8, 4) is 0 Å². The summed E-state index contributed by atoms with van der Waals surface area (Å²) in [6.07, 6.45) is 0.154. The van der Waals surface area contributed by atoms with E-state index in [-0.39, 0.29) is 6.17 Å². The number of anilines is 1. The molecule has 0 bridgehead atoms. The van der Waals surface area contributed by atoms with Crippen molar-refractivity contribution < 1.29 is 0 Å². The minimum atomic E-state index is 0.154. The second kappa shape index (κ2) is 5.04. The molecule has 1 saturated heterocycles. The Bertz CT molecular complexity index is 346. The second-order valence-electron chi connectivity index (χ2n) is 4.24. The van der Waals surface area contributed by atoms with Gasteiger partial charge in [-0.15, -0.1) is 0 Å². The summed E-state index contributed by atoms with van der Waals surface area (Å²) in [7, 11) is 0. The van der Waals surface area contributed by atoms with Gasteiger partial charge in [-0.3, -0.25) is 4.90 Å². The largest absolute Gasteiger partial charge is 0.369 e. The molecule has 2 N–H and O–H groups in total. The van der Waals surface area contributed by atoms with Crippen LogP contribution >= 0.6 is 11.6 Å². The van der Waals surface area contributed by atoms with E-state index in [2.05, 4.69) is 15.9 Å². The lowest BCUT2D eigenvalue weighted by atomic mass is 10.2. The molecule has 1 aromatic rings. The minimum Gasteiger partial charge on any atom is -0.369 e. The van der Waals surface area contributed by atoms with Crippen LogP contribution in [-0.2, 0) is 0 Å². The van der Waals surface area contributed by atoms with Gasteiger partial charge < -0.3 is 10.6 Å². The maximum Gasteiger partial charge on any atom is 0.0544 e. The molecule has 0 aliphatic carbocycles. The van der Waals surface area contributed by atoms with Crippen LogP contribution in [0, 0.1) is 0 Å². The standard InChI is InChI=1S/C12H18ClN3/c1-10(14)15-5-7-16(8-6-15)12-4-2-3-11(13)9-12/h2-4,9-10H,5-8,14H2,1H3. The van der Waals surface area contributed by atoms with Gasteiger partial charge in [0.25, 0.3) is 0 Å². The van der Waals surface area contributed by atoms with Gasteiger partial charge in [-0.1, -0.05) is 17.7 Å². The lowest BCUT2D eigenvalue weighted by Crippen LogP contribution is -2.52. The molecule has 2 rings (SSSR count). The zero-order valence-electron chi connectivity index (χ0n) is 9.56. The fourth-order valence-corrected chi connectivity index (χ4v) is 2.24. The fourth-order valence-electron chi connectivity index (χ4n) is 2.06. The topological polar surface area (TPSA) is 32.5 Å². The smallest absolute Gasteiger partial charge is 0.0544 e. The molecule has 1 unspecified atom stereocenters. The molecule has 0 spiro atoms. The first kappa shape index (κ1) is 11.7. The molecule has 0 radical (unpaired) electrons. The highest BCUT2D eigenvalue weighted by Crippen LogP contribution is 2.20. The zero-order valence-corrected chi connectivity index (χ0v) is 10.3. The fraction of sp³-hybridized carbons (Fsp3) is 0.500. The van der Waals surface area contributed by atoms with Crippen molar-refractivity contribution in [2.45, 2.75) is 13.1 Å². The van der Waals surface area contributed by atoms with E-state index >= 15 is 0 Å². The van der Waals surface area contributed by atoms with Crippen LogP contribution in [0.15, 0.2) is 24.3 Å². The summed E-state index contributed by atoms with van der Waals surface area (Å²) < 4.78 is 0. The Morgan fingerprint density at radius 1 is 1.25 bits per heavy atom. The van der Waals surface area contributed by atoms with E-state index in [1.54, 1.807) is 0 Å². The van der Waals surface area contributed by atoms with Crippen molar-refractivity contribution in [2.24, 2.45) is 5.73 Å². The predicted molar refractivity (Wildman–Crippen MR) is 68.9 cm³/mol. The molecular formula is C12H18ClN3. The van der Waals surface area contributed by atoms with Crippen LogP contribution in [-0.4, -0.2) is 37.2 Å². The van der Waals surface area contributed by atoms with Crippen molar-refractivity contribution in [2.75, 3.05) is 31.1 Å². The van der Waals surface area contributed by atoms with Crippen molar-refractivity contribution in [1.82, 2.24) is 4.90 Å². The van der Waals surface area contributed by atoms with E-state index in [1.807, 2.05) is 25.1 Å². The summed E-state index contributed by atoms with van der Waals surface area (Å²) >= 11 is 5.99. The Labute approximate surface area is 102 Å². The highest BCUT2D eigenvalue weighted by molar-refractivity contribution is 6.30. The van der Waals surface area contributed by atoms with Crippen molar-refractivity contribution in [3.05, 3.63) is 29.3 Å². The monoisotopic (exact) mass is 239 g/mol. The molecule has 0 saturated carbocycles. The molecule has 1 aliphatic rings. The molecule has 0 aromatic heterocycles. The highest BCUT2D eigenvalue weighted by atomic mass is 35.5. The summed E-state index contributed by atoms with van der Waals surface area (Å²) in [6, 6.07) is 8.02. The van der Waals surface area contributed by atoms with Gasteiger partial charge >= 0.3 is 0 Å². The first-order chi connectivity index (χ1) is 7.66. The molecular weight excluding hydrogens is 222 g/mol. The molecule has 1 heterocycles. The van der Waals surface area contributed by atoms with E-state index in [0.717, 1.165) is 31.2 Å². The lowest BCUT2D eigenvalue weighted by Gasteiger charge is -2.37. The zero-order chi connectivity index (χ0) is 11.5. The van der Waals surface area contributed by atoms with Gasteiger partial charge in [-0.25, -0.2) is 0 Å². The van der Waals surface area contributed by atoms with E-state index in [1.165, 1.54) is 5.69 Å². The molecule has 1 aromatic carbocycles.